The van der Waals surface area contributed by atoms with Crippen molar-refractivity contribution in [2.24, 2.45) is 0 Å². The van der Waals surface area contributed by atoms with Crippen LogP contribution in [0.25, 0.3) is 0 Å². The van der Waals surface area contributed by atoms with Gasteiger partial charge in [0.25, 0.3) is 5.91 Å². The van der Waals surface area contributed by atoms with Crippen molar-refractivity contribution >= 4 is 23.2 Å². The second-order valence-electron chi connectivity index (χ2n) is 5.13. The Kier molecular flexibility index (Phi) is 5.20. The van der Waals surface area contributed by atoms with E-state index in [0.29, 0.717) is 22.0 Å². The van der Waals surface area contributed by atoms with Gasteiger partial charge in [-0.15, -0.1) is 5.10 Å². The van der Waals surface area contributed by atoms with Crippen LogP contribution in [0.4, 0.5) is 10.1 Å². The number of ether oxygens (including phenoxy) is 1. The lowest BCUT2D eigenvalue weighted by molar-refractivity contribution is 0.102. The van der Waals surface area contributed by atoms with E-state index in [4.69, 9.17) is 16.3 Å². The zero-order chi connectivity index (χ0) is 17.6. The third-order valence-electron chi connectivity index (χ3n) is 3.28. The van der Waals surface area contributed by atoms with Gasteiger partial charge in [-0.2, -0.15) is 5.10 Å². The van der Waals surface area contributed by atoms with E-state index in [0.717, 1.165) is 0 Å². The van der Waals surface area contributed by atoms with Crippen LogP contribution >= 0.6 is 11.6 Å². The van der Waals surface area contributed by atoms with Gasteiger partial charge < -0.3 is 10.1 Å². The molecule has 0 unspecified atom stereocenters. The predicted molar refractivity (Wildman–Crippen MR) is 92.2 cm³/mol. The first-order valence-electron chi connectivity index (χ1n) is 7.37. The number of carbonyl (C=O) groups is 1. The lowest BCUT2D eigenvalue weighted by Gasteiger charge is -2.10. The van der Waals surface area contributed by atoms with E-state index < -0.39 is 5.91 Å². The summed E-state index contributed by atoms with van der Waals surface area (Å²) in [5.41, 5.74) is 1.39. The van der Waals surface area contributed by atoms with Gasteiger partial charge in [-0.3, -0.25) is 4.79 Å². The molecule has 5 nitrogen and oxygen atoms in total. The van der Waals surface area contributed by atoms with Crippen molar-refractivity contribution in [2.75, 3.05) is 5.32 Å². The van der Waals surface area contributed by atoms with Crippen molar-refractivity contribution in [3.63, 3.8) is 0 Å². The highest BCUT2D eigenvalue weighted by Gasteiger charge is 2.10. The van der Waals surface area contributed by atoms with Crippen molar-refractivity contribution in [1.82, 2.24) is 10.2 Å². The molecule has 0 aliphatic carbocycles. The van der Waals surface area contributed by atoms with Crippen molar-refractivity contribution in [1.29, 1.82) is 0 Å². The molecule has 0 spiro atoms. The van der Waals surface area contributed by atoms with E-state index in [1.54, 1.807) is 42.5 Å². The standard InChI is InChI=1S/C18H13ClFN3O2/c19-15-10-14(22-18(24)16-5-2-8-21-23-16)6-7-17(15)25-11-12-3-1-4-13(20)9-12/h1-10H,11H2,(H,22,24). The van der Waals surface area contributed by atoms with E-state index in [1.807, 2.05) is 0 Å². The normalized spacial score (nSPS) is 10.3. The third kappa shape index (κ3) is 4.51. The quantitative estimate of drug-likeness (QED) is 0.746. The third-order valence-corrected chi connectivity index (χ3v) is 3.57. The molecule has 0 aliphatic heterocycles. The molecule has 0 saturated carbocycles. The average molecular weight is 358 g/mol. The molecule has 0 bridgehead atoms. The summed E-state index contributed by atoms with van der Waals surface area (Å²) in [5.74, 6) is -0.282. The van der Waals surface area contributed by atoms with Gasteiger partial charge in [-0.05, 0) is 48.0 Å². The summed E-state index contributed by atoms with van der Waals surface area (Å²) in [5, 5.41) is 10.4. The molecular formula is C18H13ClFN3O2. The van der Waals surface area contributed by atoms with Crippen LogP contribution in [0.15, 0.2) is 60.8 Å². The maximum Gasteiger partial charge on any atom is 0.276 e. The van der Waals surface area contributed by atoms with E-state index in [9.17, 15) is 9.18 Å². The molecule has 0 radical (unpaired) electrons. The molecule has 25 heavy (non-hydrogen) atoms. The molecule has 0 atom stereocenters. The van der Waals surface area contributed by atoms with Crippen LogP contribution in [0.1, 0.15) is 16.1 Å². The molecule has 2 aromatic carbocycles. The van der Waals surface area contributed by atoms with Crippen LogP contribution in [0.2, 0.25) is 5.02 Å². The molecule has 126 valence electrons. The SMILES string of the molecule is O=C(Nc1ccc(OCc2cccc(F)c2)c(Cl)c1)c1cccnn1. The minimum absolute atomic E-state index is 0.183. The van der Waals surface area contributed by atoms with Gasteiger partial charge >= 0.3 is 0 Å². The Bertz CT molecular complexity index is 890. The average Bonchev–Trinajstić information content (AvgIpc) is 2.62. The largest absolute Gasteiger partial charge is 0.487 e. The van der Waals surface area contributed by atoms with Gasteiger partial charge in [-0.25, -0.2) is 4.39 Å². The highest BCUT2D eigenvalue weighted by molar-refractivity contribution is 6.32. The summed E-state index contributed by atoms with van der Waals surface area (Å²) in [6.07, 6.45) is 1.48. The Labute approximate surface area is 148 Å². The summed E-state index contributed by atoms with van der Waals surface area (Å²) in [6.45, 7) is 0.183. The van der Waals surface area contributed by atoms with E-state index >= 15 is 0 Å². The van der Waals surface area contributed by atoms with Crippen molar-refractivity contribution in [3.8, 4) is 5.75 Å². The van der Waals surface area contributed by atoms with Gasteiger partial charge in [0.05, 0.1) is 5.02 Å². The van der Waals surface area contributed by atoms with E-state index in [1.165, 1.54) is 18.3 Å². The number of anilines is 1. The molecule has 1 aromatic heterocycles. The van der Waals surface area contributed by atoms with Crippen molar-refractivity contribution in [2.45, 2.75) is 6.61 Å². The summed E-state index contributed by atoms with van der Waals surface area (Å²) in [6, 6.07) is 14.2. The highest BCUT2D eigenvalue weighted by Crippen LogP contribution is 2.28. The minimum atomic E-state index is -0.391. The summed E-state index contributed by atoms with van der Waals surface area (Å²) >= 11 is 6.18. The lowest BCUT2D eigenvalue weighted by Crippen LogP contribution is -2.14. The first-order valence-corrected chi connectivity index (χ1v) is 7.75. The van der Waals surface area contributed by atoms with Crippen LogP contribution in [0.3, 0.4) is 0 Å². The maximum absolute atomic E-state index is 13.2. The Morgan fingerprint density at radius 2 is 2.04 bits per heavy atom. The molecule has 0 fully saturated rings. The highest BCUT2D eigenvalue weighted by atomic mass is 35.5. The molecule has 1 N–H and O–H groups in total. The number of nitrogens with one attached hydrogen (secondary N) is 1. The Morgan fingerprint density at radius 3 is 2.76 bits per heavy atom. The number of halogens is 2. The van der Waals surface area contributed by atoms with Crippen LogP contribution in [-0.4, -0.2) is 16.1 Å². The first-order chi connectivity index (χ1) is 12.1. The molecular weight excluding hydrogens is 345 g/mol. The monoisotopic (exact) mass is 357 g/mol. The van der Waals surface area contributed by atoms with Crippen molar-refractivity contribution in [3.05, 3.63) is 82.9 Å². The maximum atomic E-state index is 13.2. The van der Waals surface area contributed by atoms with Crippen LogP contribution < -0.4 is 10.1 Å². The Morgan fingerprint density at radius 1 is 1.16 bits per heavy atom. The number of benzene rings is 2. The zero-order valence-corrected chi connectivity index (χ0v) is 13.7. The van der Waals surface area contributed by atoms with Crippen LogP contribution in [0, 0.1) is 5.82 Å². The van der Waals surface area contributed by atoms with Gasteiger partial charge in [0.1, 0.15) is 18.2 Å². The summed E-state index contributed by atoms with van der Waals surface area (Å²) in [4.78, 5) is 12.0. The fourth-order valence-electron chi connectivity index (χ4n) is 2.10. The zero-order valence-electron chi connectivity index (χ0n) is 12.9. The number of amides is 1. The second-order valence-corrected chi connectivity index (χ2v) is 5.53. The van der Waals surface area contributed by atoms with Crippen LogP contribution in [-0.2, 0) is 6.61 Å². The van der Waals surface area contributed by atoms with Gasteiger partial charge in [-0.1, -0.05) is 23.7 Å². The number of nitrogens with zero attached hydrogens (tertiary/aromatic N) is 2. The van der Waals surface area contributed by atoms with Crippen LogP contribution in [0.5, 0.6) is 5.75 Å². The number of hydrogen-bond acceptors (Lipinski definition) is 4. The number of rotatable bonds is 5. The second kappa shape index (κ2) is 7.72. The fourth-order valence-corrected chi connectivity index (χ4v) is 2.34. The molecule has 7 heteroatoms. The molecule has 0 aliphatic rings. The predicted octanol–water partition coefficient (Wildman–Crippen LogP) is 4.10. The molecule has 1 amide bonds. The molecule has 1 heterocycles. The lowest BCUT2D eigenvalue weighted by atomic mass is 10.2. The summed E-state index contributed by atoms with van der Waals surface area (Å²) < 4.78 is 18.7. The van der Waals surface area contributed by atoms with Crippen molar-refractivity contribution < 1.29 is 13.9 Å². The van der Waals surface area contributed by atoms with Gasteiger partial charge in [0.15, 0.2) is 5.69 Å². The van der Waals surface area contributed by atoms with E-state index in [2.05, 4.69) is 15.5 Å². The molecule has 3 aromatic rings. The Hall–Kier alpha value is -2.99. The van der Waals surface area contributed by atoms with Gasteiger partial charge in [0.2, 0.25) is 0 Å². The summed E-state index contributed by atoms with van der Waals surface area (Å²) in [7, 11) is 0. The minimum Gasteiger partial charge on any atom is -0.487 e. The molecule has 0 saturated heterocycles. The number of aromatic nitrogens is 2. The van der Waals surface area contributed by atoms with E-state index in [-0.39, 0.29) is 18.1 Å². The smallest absolute Gasteiger partial charge is 0.276 e. The van der Waals surface area contributed by atoms with Gasteiger partial charge in [0, 0.05) is 11.9 Å². The fraction of sp³-hybridized carbons (Fsp3) is 0.0556. The number of hydrogen-bond donors (Lipinski definition) is 1. The molecule has 3 rings (SSSR count). The topological polar surface area (TPSA) is 64.1 Å². The first kappa shape index (κ1) is 16.9. The number of carbonyl (C=O) groups excluding carboxylic acids is 1. The Balaban J connectivity index is 1.65.